The highest BCUT2D eigenvalue weighted by atomic mass is 16.4. The zero-order chi connectivity index (χ0) is 13.9. The first-order valence-corrected chi connectivity index (χ1v) is 5.77. The van der Waals surface area contributed by atoms with Crippen molar-refractivity contribution in [2.75, 3.05) is 19.6 Å². The van der Waals surface area contributed by atoms with Crippen LogP contribution in [-0.4, -0.2) is 53.6 Å². The minimum atomic E-state index is -1.09. The molecule has 0 aliphatic carbocycles. The molecule has 0 unspecified atom stereocenters. The summed E-state index contributed by atoms with van der Waals surface area (Å²) in [5.74, 6) is -1.32. The Bertz CT molecular complexity index is 362. The van der Waals surface area contributed by atoms with E-state index in [2.05, 4.69) is 10.6 Å². The van der Waals surface area contributed by atoms with E-state index in [9.17, 15) is 14.4 Å². The molecule has 0 bridgehead atoms. The molecule has 3 N–H and O–H groups in total. The predicted octanol–water partition coefficient (Wildman–Crippen LogP) is -0.373. The number of carbonyl (C=O) groups is 3. The summed E-state index contributed by atoms with van der Waals surface area (Å²) >= 11 is 0. The number of carboxylic acids is 1. The first-order valence-electron chi connectivity index (χ1n) is 5.77. The predicted molar refractivity (Wildman–Crippen MR) is 64.0 cm³/mol. The van der Waals surface area contributed by atoms with E-state index >= 15 is 0 Å². The molecule has 3 amide bonds. The Hall–Kier alpha value is -1.79. The van der Waals surface area contributed by atoms with Crippen LogP contribution in [-0.2, 0) is 9.59 Å². The van der Waals surface area contributed by atoms with E-state index in [0.717, 1.165) is 0 Å². The smallest absolute Gasteiger partial charge is 0.326 e. The molecule has 7 nitrogen and oxygen atoms in total. The summed E-state index contributed by atoms with van der Waals surface area (Å²) in [6.45, 7) is 5.93. The number of hydrogen-bond acceptors (Lipinski definition) is 3. The standard InChI is InChI=1S/C11H19N3O4/c1-11(2,3)8(9(16)17)13-10(18)14-5-4-12-7(15)6-14/h8H,4-6H2,1-3H3,(H,12,15)(H,13,18)(H,16,17)/t8-/m1/s1. The quantitative estimate of drug-likeness (QED) is 0.628. The second-order valence-corrected chi connectivity index (χ2v) is 5.36. The lowest BCUT2D eigenvalue weighted by molar-refractivity contribution is -0.142. The third-order valence-corrected chi connectivity index (χ3v) is 2.71. The van der Waals surface area contributed by atoms with Gasteiger partial charge in [-0.05, 0) is 5.41 Å². The molecular formula is C11H19N3O4. The average Bonchev–Trinajstić information content (AvgIpc) is 2.23. The average molecular weight is 257 g/mol. The fourth-order valence-corrected chi connectivity index (χ4v) is 1.68. The zero-order valence-corrected chi connectivity index (χ0v) is 10.8. The summed E-state index contributed by atoms with van der Waals surface area (Å²) in [7, 11) is 0. The van der Waals surface area contributed by atoms with Gasteiger partial charge in [-0.2, -0.15) is 0 Å². The van der Waals surface area contributed by atoms with E-state index in [-0.39, 0.29) is 12.5 Å². The number of nitrogens with zero attached hydrogens (tertiary/aromatic N) is 1. The maximum absolute atomic E-state index is 11.9. The molecule has 0 saturated carbocycles. The second-order valence-electron chi connectivity index (χ2n) is 5.36. The molecule has 1 atom stereocenters. The van der Waals surface area contributed by atoms with E-state index in [4.69, 9.17) is 5.11 Å². The van der Waals surface area contributed by atoms with Crippen LogP contribution < -0.4 is 10.6 Å². The summed E-state index contributed by atoms with van der Waals surface area (Å²) in [5.41, 5.74) is -0.598. The van der Waals surface area contributed by atoms with Crippen LogP contribution in [0.25, 0.3) is 0 Å². The molecule has 18 heavy (non-hydrogen) atoms. The maximum Gasteiger partial charge on any atom is 0.326 e. The number of amides is 3. The minimum Gasteiger partial charge on any atom is -0.480 e. The Labute approximate surface area is 106 Å². The van der Waals surface area contributed by atoms with Crippen molar-refractivity contribution in [2.45, 2.75) is 26.8 Å². The van der Waals surface area contributed by atoms with E-state index < -0.39 is 23.5 Å². The molecule has 1 saturated heterocycles. The Kier molecular flexibility index (Phi) is 4.15. The number of piperazine rings is 1. The van der Waals surface area contributed by atoms with Gasteiger partial charge in [0.25, 0.3) is 0 Å². The molecule has 1 fully saturated rings. The Morgan fingerprint density at radius 1 is 1.44 bits per heavy atom. The van der Waals surface area contributed by atoms with Crippen LogP contribution in [0.5, 0.6) is 0 Å². The fourth-order valence-electron chi connectivity index (χ4n) is 1.68. The normalized spacial score (nSPS) is 17.9. The Balaban J connectivity index is 2.67. The van der Waals surface area contributed by atoms with Gasteiger partial charge in [-0.15, -0.1) is 0 Å². The van der Waals surface area contributed by atoms with Crippen LogP contribution >= 0.6 is 0 Å². The summed E-state index contributed by atoms with van der Waals surface area (Å²) in [6.07, 6.45) is 0. The van der Waals surface area contributed by atoms with Crippen LogP contribution in [0.2, 0.25) is 0 Å². The highest BCUT2D eigenvalue weighted by Crippen LogP contribution is 2.19. The summed E-state index contributed by atoms with van der Waals surface area (Å²) in [5, 5.41) is 14.1. The highest BCUT2D eigenvalue weighted by Gasteiger charge is 2.34. The molecule has 102 valence electrons. The Morgan fingerprint density at radius 2 is 2.06 bits per heavy atom. The van der Waals surface area contributed by atoms with E-state index in [1.165, 1.54) is 4.90 Å². The topological polar surface area (TPSA) is 98.7 Å². The maximum atomic E-state index is 11.9. The van der Waals surface area contributed by atoms with Crippen molar-refractivity contribution in [3.63, 3.8) is 0 Å². The van der Waals surface area contributed by atoms with E-state index in [1.807, 2.05) is 0 Å². The lowest BCUT2D eigenvalue weighted by atomic mass is 9.87. The zero-order valence-electron chi connectivity index (χ0n) is 10.8. The number of urea groups is 1. The van der Waals surface area contributed by atoms with Crippen molar-refractivity contribution < 1.29 is 19.5 Å². The lowest BCUT2D eigenvalue weighted by Crippen LogP contribution is -2.57. The van der Waals surface area contributed by atoms with Gasteiger partial charge in [-0.1, -0.05) is 20.8 Å². The molecule has 1 rings (SSSR count). The van der Waals surface area contributed by atoms with Crippen molar-refractivity contribution in [1.82, 2.24) is 15.5 Å². The van der Waals surface area contributed by atoms with Gasteiger partial charge in [0.05, 0.1) is 0 Å². The van der Waals surface area contributed by atoms with Gasteiger partial charge >= 0.3 is 12.0 Å². The number of hydrogen-bond donors (Lipinski definition) is 3. The highest BCUT2D eigenvalue weighted by molar-refractivity contribution is 5.87. The molecule has 1 aliphatic rings. The summed E-state index contributed by atoms with van der Waals surface area (Å²) < 4.78 is 0. The Morgan fingerprint density at radius 3 is 2.50 bits per heavy atom. The van der Waals surface area contributed by atoms with Crippen molar-refractivity contribution in [3.05, 3.63) is 0 Å². The van der Waals surface area contributed by atoms with Gasteiger partial charge in [0.15, 0.2) is 0 Å². The van der Waals surface area contributed by atoms with Gasteiger partial charge in [0.1, 0.15) is 12.6 Å². The summed E-state index contributed by atoms with van der Waals surface area (Å²) in [6, 6.07) is -1.51. The van der Waals surface area contributed by atoms with Crippen LogP contribution in [0.4, 0.5) is 4.79 Å². The number of rotatable bonds is 2. The van der Waals surface area contributed by atoms with E-state index in [0.29, 0.717) is 13.1 Å². The molecule has 1 heterocycles. The van der Waals surface area contributed by atoms with Crippen molar-refractivity contribution in [1.29, 1.82) is 0 Å². The largest absolute Gasteiger partial charge is 0.480 e. The minimum absolute atomic E-state index is 0.0394. The van der Waals surface area contributed by atoms with Gasteiger partial charge < -0.3 is 20.6 Å². The third kappa shape index (κ3) is 3.61. The van der Waals surface area contributed by atoms with Crippen LogP contribution in [0.15, 0.2) is 0 Å². The molecule has 0 aromatic rings. The molecule has 0 aromatic heterocycles. The monoisotopic (exact) mass is 257 g/mol. The fraction of sp³-hybridized carbons (Fsp3) is 0.727. The SMILES string of the molecule is CC(C)(C)[C@H](NC(=O)N1CCNC(=O)C1)C(=O)O. The van der Waals surface area contributed by atoms with Crippen LogP contribution in [0, 0.1) is 5.41 Å². The van der Waals surface area contributed by atoms with Crippen LogP contribution in [0.1, 0.15) is 20.8 Å². The van der Waals surface area contributed by atoms with Gasteiger partial charge in [0.2, 0.25) is 5.91 Å². The molecule has 0 radical (unpaired) electrons. The van der Waals surface area contributed by atoms with Gasteiger partial charge in [0, 0.05) is 13.1 Å². The van der Waals surface area contributed by atoms with Crippen molar-refractivity contribution >= 4 is 17.9 Å². The third-order valence-electron chi connectivity index (χ3n) is 2.71. The number of carboxylic acid groups (broad SMARTS) is 1. The number of aliphatic carboxylic acids is 1. The van der Waals surface area contributed by atoms with Gasteiger partial charge in [-0.25, -0.2) is 9.59 Å². The first-order chi connectivity index (χ1) is 8.21. The van der Waals surface area contributed by atoms with Crippen molar-refractivity contribution in [3.8, 4) is 0 Å². The summed E-state index contributed by atoms with van der Waals surface area (Å²) in [4.78, 5) is 35.4. The first kappa shape index (κ1) is 14.3. The van der Waals surface area contributed by atoms with Gasteiger partial charge in [-0.3, -0.25) is 4.79 Å². The second kappa shape index (κ2) is 5.24. The number of carbonyl (C=O) groups excluding carboxylic acids is 2. The molecule has 1 aliphatic heterocycles. The molecule has 0 spiro atoms. The molecule has 0 aromatic carbocycles. The lowest BCUT2D eigenvalue weighted by Gasteiger charge is -2.32. The van der Waals surface area contributed by atoms with Crippen LogP contribution in [0.3, 0.4) is 0 Å². The molecule has 7 heteroatoms. The molecular weight excluding hydrogens is 238 g/mol. The van der Waals surface area contributed by atoms with E-state index in [1.54, 1.807) is 20.8 Å². The number of nitrogens with one attached hydrogen (secondary N) is 2. The van der Waals surface area contributed by atoms with Crippen molar-refractivity contribution in [2.24, 2.45) is 5.41 Å².